The van der Waals surface area contributed by atoms with Crippen molar-refractivity contribution in [2.45, 2.75) is 57.2 Å². The minimum Gasteiger partial charge on any atom is -0.359 e. The van der Waals surface area contributed by atoms with Gasteiger partial charge in [-0.2, -0.15) is 26.3 Å². The zero-order valence-corrected chi connectivity index (χ0v) is 23.8. The van der Waals surface area contributed by atoms with Crippen LogP contribution in [-0.4, -0.2) is 84.0 Å². The third kappa shape index (κ3) is 7.36. The fourth-order valence-corrected chi connectivity index (χ4v) is 5.13. The Balaban J connectivity index is 1.43. The first-order chi connectivity index (χ1) is 19.0. The molecule has 41 heavy (non-hydrogen) atoms. The lowest BCUT2D eigenvalue weighted by molar-refractivity contribution is -0.139. The van der Waals surface area contributed by atoms with Crippen LogP contribution in [0.25, 0.3) is 0 Å². The zero-order valence-electron chi connectivity index (χ0n) is 22.8. The lowest BCUT2D eigenvalue weighted by Crippen LogP contribution is -2.60. The summed E-state index contributed by atoms with van der Waals surface area (Å²) in [5, 5.41) is 4.10. The number of alkyl halides is 6. The van der Waals surface area contributed by atoms with Crippen molar-refractivity contribution < 1.29 is 35.9 Å². The molecule has 10 nitrogen and oxygen atoms in total. The van der Waals surface area contributed by atoms with Crippen LogP contribution < -0.4 is 15.4 Å². The first-order valence-electron chi connectivity index (χ1n) is 13.0. The highest BCUT2D eigenvalue weighted by Crippen LogP contribution is 2.32. The van der Waals surface area contributed by atoms with Gasteiger partial charge in [0, 0.05) is 65.9 Å². The number of hydrogen-bond donors (Lipinski definition) is 0. The normalized spacial score (nSPS) is 18.5. The first kappa shape index (κ1) is 30.7. The smallest absolute Gasteiger partial charge is 0.359 e. The molecule has 4 heterocycles. The van der Waals surface area contributed by atoms with Crippen LogP contribution >= 0.6 is 0 Å². The Labute approximate surface area is 232 Å². The third-order valence-electron chi connectivity index (χ3n) is 6.92. The number of hydrogen-bond acceptors (Lipinski definition) is 8. The van der Waals surface area contributed by atoms with Crippen molar-refractivity contribution in [3.63, 3.8) is 0 Å². The molecule has 0 bridgehead atoms. The molecule has 0 aliphatic carbocycles. The Morgan fingerprint density at radius 2 is 1.63 bits per heavy atom. The Bertz CT molecular complexity index is 1290. The van der Waals surface area contributed by atoms with E-state index in [4.69, 9.17) is 4.74 Å². The van der Waals surface area contributed by atoms with Crippen molar-refractivity contribution in [2.75, 3.05) is 49.1 Å². The summed E-state index contributed by atoms with van der Waals surface area (Å²) in [6.07, 6.45) is -7.69. The number of piperazine rings is 1. The van der Waals surface area contributed by atoms with Crippen molar-refractivity contribution in [1.29, 1.82) is 0 Å². The molecule has 1 amide bonds. The number of halogens is 6. The van der Waals surface area contributed by atoms with Crippen LogP contribution in [0.5, 0.6) is 0 Å². The minimum absolute atomic E-state index is 0.105. The van der Waals surface area contributed by atoms with E-state index in [0.717, 1.165) is 6.04 Å². The van der Waals surface area contributed by atoms with Crippen LogP contribution in [0.4, 0.5) is 38.1 Å². The molecule has 0 saturated carbocycles. The summed E-state index contributed by atoms with van der Waals surface area (Å²) in [6.45, 7) is 7.43. The highest BCUT2D eigenvalue weighted by molar-refractivity contribution is 6.76. The van der Waals surface area contributed by atoms with Crippen molar-refractivity contribution in [1.82, 2.24) is 24.6 Å². The molecule has 4 rings (SSSR count). The number of rotatable bonds is 8. The quantitative estimate of drug-likeness (QED) is 0.256. The maximum atomic E-state index is 13.7. The van der Waals surface area contributed by atoms with E-state index in [1.165, 1.54) is 9.80 Å². The fourth-order valence-electron chi connectivity index (χ4n) is 4.37. The fraction of sp³-hybridized carbons (Fsp3) is 0.625. The van der Waals surface area contributed by atoms with Crippen LogP contribution in [0.2, 0.25) is 25.7 Å². The van der Waals surface area contributed by atoms with Crippen molar-refractivity contribution in [3.8, 4) is 0 Å². The highest BCUT2D eigenvalue weighted by Gasteiger charge is 2.42. The second-order valence-corrected chi connectivity index (χ2v) is 16.8. The van der Waals surface area contributed by atoms with E-state index in [1.807, 2.05) is 0 Å². The first-order valence-corrected chi connectivity index (χ1v) is 16.7. The van der Waals surface area contributed by atoms with Crippen LogP contribution in [-0.2, 0) is 28.6 Å². The SMILES string of the molecule is C[Si](C)(C)CCOCn1nc(N2CC[C@H]2C(=O)N2CCN(c3ncc(C(F)(F)F)cn3)CC2)cc(C(F)(F)F)c1=O. The monoisotopic (exact) mass is 607 g/mol. The molecule has 0 radical (unpaired) electrons. The molecule has 2 aliphatic heterocycles. The molecular weight excluding hydrogens is 576 g/mol. The molecular formula is C24H31F6N7O3Si. The van der Waals surface area contributed by atoms with Gasteiger partial charge in [0.15, 0.2) is 5.82 Å². The molecule has 0 aromatic carbocycles. The van der Waals surface area contributed by atoms with E-state index in [2.05, 4.69) is 34.7 Å². The third-order valence-corrected chi connectivity index (χ3v) is 8.62. The van der Waals surface area contributed by atoms with Crippen LogP contribution in [0.15, 0.2) is 23.3 Å². The summed E-state index contributed by atoms with van der Waals surface area (Å²) in [4.78, 5) is 38.0. The second kappa shape index (κ2) is 11.6. The molecule has 2 aromatic heterocycles. The Hall–Kier alpha value is -3.21. The zero-order chi connectivity index (χ0) is 30.2. The van der Waals surface area contributed by atoms with Gasteiger partial charge in [0.1, 0.15) is 18.3 Å². The molecule has 1 atom stereocenters. The van der Waals surface area contributed by atoms with Crippen LogP contribution in [0.3, 0.4) is 0 Å². The summed E-state index contributed by atoms with van der Waals surface area (Å²) < 4.78 is 85.6. The van der Waals surface area contributed by atoms with Gasteiger partial charge < -0.3 is 19.4 Å². The van der Waals surface area contributed by atoms with Gasteiger partial charge in [0.05, 0.1) is 5.56 Å². The van der Waals surface area contributed by atoms with Crippen molar-refractivity contribution in [2.24, 2.45) is 0 Å². The number of aromatic nitrogens is 4. The number of anilines is 2. The Morgan fingerprint density at radius 1 is 1.00 bits per heavy atom. The molecule has 0 spiro atoms. The van der Waals surface area contributed by atoms with Gasteiger partial charge in [-0.25, -0.2) is 14.6 Å². The van der Waals surface area contributed by atoms with Gasteiger partial charge >= 0.3 is 12.4 Å². The standard InChI is InChI=1S/C24H31F6N7O3Si/c1-41(2,3)11-10-40-15-37-20(38)17(24(28,29)30)12-19(33-37)36-5-4-18(36)21(39)34-6-8-35(9-7-34)22-31-13-16(14-32-22)23(25,26)27/h12-14,18H,4-11,15H2,1-3H3/t18-/m0/s1. The molecule has 17 heteroatoms. The molecule has 226 valence electrons. The van der Waals surface area contributed by atoms with E-state index in [0.29, 0.717) is 29.6 Å². The molecule has 2 aromatic rings. The topological polar surface area (TPSA) is 96.7 Å². The molecule has 0 unspecified atom stereocenters. The highest BCUT2D eigenvalue weighted by atomic mass is 28.3. The second-order valence-electron chi connectivity index (χ2n) is 11.1. The molecule has 2 saturated heterocycles. The summed E-state index contributed by atoms with van der Waals surface area (Å²) in [7, 11) is -1.46. The number of carbonyl (C=O) groups is 1. The Morgan fingerprint density at radius 3 is 2.15 bits per heavy atom. The number of amides is 1. The number of carbonyl (C=O) groups excluding carboxylic acids is 1. The van der Waals surface area contributed by atoms with E-state index in [9.17, 15) is 35.9 Å². The predicted octanol–water partition coefficient (Wildman–Crippen LogP) is 3.31. The van der Waals surface area contributed by atoms with Gasteiger partial charge in [-0.1, -0.05) is 19.6 Å². The van der Waals surface area contributed by atoms with Gasteiger partial charge in [0.25, 0.3) is 5.56 Å². The van der Waals surface area contributed by atoms with E-state index >= 15 is 0 Å². The average molecular weight is 608 g/mol. The van der Waals surface area contributed by atoms with Crippen molar-refractivity contribution in [3.05, 3.63) is 39.9 Å². The van der Waals surface area contributed by atoms with Gasteiger partial charge in [-0.15, -0.1) is 5.10 Å². The summed E-state index contributed by atoms with van der Waals surface area (Å²) in [6, 6.07) is 0.658. The maximum Gasteiger partial charge on any atom is 0.421 e. The maximum absolute atomic E-state index is 13.7. The van der Waals surface area contributed by atoms with E-state index in [1.54, 1.807) is 4.90 Å². The lowest BCUT2D eigenvalue weighted by atomic mass is 10.0. The molecule has 0 N–H and O–H groups in total. The Kier molecular flexibility index (Phi) is 8.68. The lowest BCUT2D eigenvalue weighted by Gasteiger charge is -2.44. The van der Waals surface area contributed by atoms with E-state index < -0.39 is 49.9 Å². The molecule has 2 fully saturated rings. The largest absolute Gasteiger partial charge is 0.421 e. The van der Waals surface area contributed by atoms with Crippen LogP contribution in [0, 0.1) is 0 Å². The van der Waals surface area contributed by atoms with Crippen LogP contribution in [0.1, 0.15) is 17.5 Å². The predicted molar refractivity (Wildman–Crippen MR) is 139 cm³/mol. The van der Waals surface area contributed by atoms with Gasteiger partial charge in [-0.3, -0.25) is 9.59 Å². The van der Waals surface area contributed by atoms with Gasteiger partial charge in [0.2, 0.25) is 11.9 Å². The minimum atomic E-state index is -4.92. The average Bonchev–Trinajstić information content (AvgIpc) is 2.86. The summed E-state index contributed by atoms with van der Waals surface area (Å²) >= 11 is 0. The van der Waals surface area contributed by atoms with E-state index in [-0.39, 0.29) is 57.0 Å². The summed E-state index contributed by atoms with van der Waals surface area (Å²) in [5.41, 5.74) is -3.68. The van der Waals surface area contributed by atoms with Gasteiger partial charge in [-0.05, 0) is 12.5 Å². The number of nitrogens with zero attached hydrogens (tertiary/aromatic N) is 7. The van der Waals surface area contributed by atoms with Crippen molar-refractivity contribution >= 4 is 25.7 Å². The summed E-state index contributed by atoms with van der Waals surface area (Å²) in [5.74, 6) is -0.357. The molecule has 2 aliphatic rings. The number of ether oxygens (including phenoxy) is 1.